The minimum atomic E-state index is -0.936. The van der Waals surface area contributed by atoms with E-state index in [0.29, 0.717) is 5.92 Å². The molecule has 13 heavy (non-hydrogen) atoms. The fraction of sp³-hybridized carbons (Fsp3) is 0.556. The molecule has 0 bridgehead atoms. The van der Waals surface area contributed by atoms with Crippen molar-refractivity contribution in [2.75, 3.05) is 0 Å². The van der Waals surface area contributed by atoms with E-state index >= 15 is 0 Å². The molecule has 4 heteroatoms. The largest absolute Gasteiger partial charge is 0.476 e. The van der Waals surface area contributed by atoms with Crippen LogP contribution in [0.5, 0.6) is 0 Å². The Morgan fingerprint density at radius 1 is 1.77 bits per heavy atom. The SMILES string of the molecule is CC1CCn2nc(C(=O)O)cc2C1. The lowest BCUT2D eigenvalue weighted by Gasteiger charge is -2.18. The van der Waals surface area contributed by atoms with E-state index in [1.807, 2.05) is 4.68 Å². The summed E-state index contributed by atoms with van der Waals surface area (Å²) in [7, 11) is 0. The molecule has 1 N–H and O–H groups in total. The van der Waals surface area contributed by atoms with Crippen LogP contribution in [0.2, 0.25) is 0 Å². The van der Waals surface area contributed by atoms with Gasteiger partial charge < -0.3 is 5.11 Å². The number of carboxylic acid groups (broad SMARTS) is 1. The summed E-state index contributed by atoms with van der Waals surface area (Å²) in [6.45, 7) is 3.03. The van der Waals surface area contributed by atoms with Crippen molar-refractivity contribution < 1.29 is 9.90 Å². The topological polar surface area (TPSA) is 55.1 Å². The van der Waals surface area contributed by atoms with Gasteiger partial charge in [-0.2, -0.15) is 5.10 Å². The fourth-order valence-corrected chi connectivity index (χ4v) is 1.72. The van der Waals surface area contributed by atoms with Crippen LogP contribution in [0, 0.1) is 5.92 Å². The van der Waals surface area contributed by atoms with Crippen LogP contribution in [0.4, 0.5) is 0 Å². The number of aryl methyl sites for hydroxylation is 1. The highest BCUT2D eigenvalue weighted by Crippen LogP contribution is 2.20. The van der Waals surface area contributed by atoms with Crippen LogP contribution in [0.25, 0.3) is 0 Å². The molecule has 0 spiro atoms. The molecule has 1 atom stereocenters. The number of rotatable bonds is 1. The van der Waals surface area contributed by atoms with Gasteiger partial charge in [-0.05, 0) is 24.8 Å². The van der Waals surface area contributed by atoms with Crippen molar-refractivity contribution in [3.63, 3.8) is 0 Å². The van der Waals surface area contributed by atoms with E-state index in [2.05, 4.69) is 12.0 Å². The van der Waals surface area contributed by atoms with Gasteiger partial charge in [-0.25, -0.2) is 4.79 Å². The molecule has 0 saturated carbocycles. The van der Waals surface area contributed by atoms with E-state index in [9.17, 15) is 4.79 Å². The van der Waals surface area contributed by atoms with Gasteiger partial charge in [0.05, 0.1) is 0 Å². The molecule has 1 aliphatic heterocycles. The van der Waals surface area contributed by atoms with E-state index in [1.54, 1.807) is 6.07 Å². The summed E-state index contributed by atoms with van der Waals surface area (Å²) in [4.78, 5) is 10.6. The van der Waals surface area contributed by atoms with Gasteiger partial charge in [-0.1, -0.05) is 6.92 Å². The Bertz CT molecular complexity index is 343. The van der Waals surface area contributed by atoms with Crippen molar-refractivity contribution in [3.05, 3.63) is 17.5 Å². The van der Waals surface area contributed by atoms with E-state index < -0.39 is 5.97 Å². The van der Waals surface area contributed by atoms with Crippen LogP contribution < -0.4 is 0 Å². The van der Waals surface area contributed by atoms with E-state index in [-0.39, 0.29) is 5.69 Å². The molecule has 0 radical (unpaired) electrons. The number of aromatic carboxylic acids is 1. The predicted molar refractivity (Wildman–Crippen MR) is 46.7 cm³/mol. The zero-order valence-electron chi connectivity index (χ0n) is 7.53. The molecular weight excluding hydrogens is 168 g/mol. The zero-order valence-corrected chi connectivity index (χ0v) is 7.53. The van der Waals surface area contributed by atoms with Crippen LogP contribution >= 0.6 is 0 Å². The number of carbonyl (C=O) groups is 1. The van der Waals surface area contributed by atoms with Crippen LogP contribution in [0.1, 0.15) is 29.5 Å². The van der Waals surface area contributed by atoms with Gasteiger partial charge in [0.1, 0.15) is 0 Å². The number of nitrogens with zero attached hydrogens (tertiary/aromatic N) is 2. The third-order valence-corrected chi connectivity index (χ3v) is 2.47. The maximum absolute atomic E-state index is 10.6. The highest BCUT2D eigenvalue weighted by molar-refractivity contribution is 5.85. The normalized spacial score (nSPS) is 21.2. The van der Waals surface area contributed by atoms with Crippen molar-refractivity contribution in [2.24, 2.45) is 5.92 Å². The number of carboxylic acids is 1. The highest BCUT2D eigenvalue weighted by atomic mass is 16.4. The molecule has 1 aromatic rings. The van der Waals surface area contributed by atoms with Gasteiger partial charge in [0.15, 0.2) is 5.69 Å². The Morgan fingerprint density at radius 3 is 3.23 bits per heavy atom. The summed E-state index contributed by atoms with van der Waals surface area (Å²) in [6.07, 6.45) is 2.04. The summed E-state index contributed by atoms with van der Waals surface area (Å²) < 4.78 is 1.81. The zero-order chi connectivity index (χ0) is 9.42. The average Bonchev–Trinajstić information content (AvgIpc) is 2.46. The lowest BCUT2D eigenvalue weighted by molar-refractivity contribution is 0.0689. The molecule has 0 amide bonds. The number of aromatic nitrogens is 2. The molecule has 0 fully saturated rings. The Labute approximate surface area is 76.2 Å². The maximum atomic E-state index is 10.6. The first-order valence-electron chi connectivity index (χ1n) is 4.47. The predicted octanol–water partition coefficient (Wildman–Crippen LogP) is 1.16. The van der Waals surface area contributed by atoms with Crippen molar-refractivity contribution >= 4 is 5.97 Å². The molecule has 1 unspecified atom stereocenters. The van der Waals surface area contributed by atoms with Crippen molar-refractivity contribution in [1.82, 2.24) is 9.78 Å². The van der Waals surface area contributed by atoms with Gasteiger partial charge in [-0.15, -0.1) is 0 Å². The summed E-state index contributed by atoms with van der Waals surface area (Å²) in [5, 5.41) is 12.7. The summed E-state index contributed by atoms with van der Waals surface area (Å²) in [6, 6.07) is 1.68. The molecule has 0 saturated heterocycles. The van der Waals surface area contributed by atoms with Gasteiger partial charge in [0.2, 0.25) is 0 Å². The second-order valence-electron chi connectivity index (χ2n) is 3.65. The first kappa shape index (κ1) is 8.29. The molecular formula is C9H12N2O2. The monoisotopic (exact) mass is 180 g/mol. The molecule has 2 rings (SSSR count). The lowest BCUT2D eigenvalue weighted by atomic mass is 9.98. The van der Waals surface area contributed by atoms with E-state index in [0.717, 1.165) is 25.1 Å². The Morgan fingerprint density at radius 2 is 2.54 bits per heavy atom. The molecule has 1 aliphatic rings. The average molecular weight is 180 g/mol. The standard InChI is InChI=1S/C9H12N2O2/c1-6-2-3-11-7(4-6)5-8(10-11)9(12)13/h5-6H,2-4H2,1H3,(H,12,13). The second kappa shape index (κ2) is 2.87. The van der Waals surface area contributed by atoms with Crippen LogP contribution in [-0.4, -0.2) is 20.9 Å². The Kier molecular flexibility index (Phi) is 1.83. The molecule has 2 heterocycles. The Balaban J connectivity index is 2.33. The van der Waals surface area contributed by atoms with Gasteiger partial charge in [-0.3, -0.25) is 4.68 Å². The Hall–Kier alpha value is -1.32. The van der Waals surface area contributed by atoms with Gasteiger partial charge >= 0.3 is 5.97 Å². The van der Waals surface area contributed by atoms with Crippen molar-refractivity contribution in [1.29, 1.82) is 0 Å². The first-order chi connectivity index (χ1) is 6.16. The summed E-state index contributed by atoms with van der Waals surface area (Å²) in [5.74, 6) is -0.291. The highest BCUT2D eigenvalue weighted by Gasteiger charge is 2.19. The summed E-state index contributed by atoms with van der Waals surface area (Å²) in [5.41, 5.74) is 1.22. The lowest BCUT2D eigenvalue weighted by Crippen LogP contribution is -2.17. The second-order valence-corrected chi connectivity index (χ2v) is 3.65. The van der Waals surface area contributed by atoms with Crippen LogP contribution in [0.15, 0.2) is 6.07 Å². The molecule has 1 aromatic heterocycles. The quantitative estimate of drug-likeness (QED) is 0.705. The molecule has 0 aromatic carbocycles. The van der Waals surface area contributed by atoms with Crippen molar-refractivity contribution in [3.8, 4) is 0 Å². The molecule has 0 aliphatic carbocycles. The van der Waals surface area contributed by atoms with E-state index in [4.69, 9.17) is 5.11 Å². The van der Waals surface area contributed by atoms with Crippen LogP contribution in [-0.2, 0) is 13.0 Å². The third kappa shape index (κ3) is 1.43. The molecule has 4 nitrogen and oxygen atoms in total. The molecule has 70 valence electrons. The fourth-order valence-electron chi connectivity index (χ4n) is 1.72. The van der Waals surface area contributed by atoms with Crippen LogP contribution in [0.3, 0.4) is 0 Å². The first-order valence-corrected chi connectivity index (χ1v) is 4.47. The van der Waals surface area contributed by atoms with Gasteiger partial charge in [0.25, 0.3) is 0 Å². The third-order valence-electron chi connectivity index (χ3n) is 2.47. The number of fused-ring (bicyclic) bond motifs is 1. The maximum Gasteiger partial charge on any atom is 0.356 e. The van der Waals surface area contributed by atoms with Crippen molar-refractivity contribution in [2.45, 2.75) is 26.3 Å². The summed E-state index contributed by atoms with van der Waals surface area (Å²) >= 11 is 0. The smallest absolute Gasteiger partial charge is 0.356 e. The number of hydrogen-bond donors (Lipinski definition) is 1. The number of hydrogen-bond acceptors (Lipinski definition) is 2. The minimum absolute atomic E-state index is 0.170. The van der Waals surface area contributed by atoms with E-state index in [1.165, 1.54) is 0 Å². The van der Waals surface area contributed by atoms with Gasteiger partial charge in [0, 0.05) is 12.2 Å². The minimum Gasteiger partial charge on any atom is -0.476 e.